The predicted octanol–water partition coefficient (Wildman–Crippen LogP) is 5.83. The Morgan fingerprint density at radius 3 is 1.91 bits per heavy atom. The smallest absolute Gasteiger partial charge is 0.168 e. The molecular formula is C19H14F4. The Bertz CT molecular complexity index is 778. The highest BCUT2D eigenvalue weighted by molar-refractivity contribution is 5.82. The average Bonchev–Trinajstić information content (AvgIpc) is 2.60. The lowest BCUT2D eigenvalue weighted by atomic mass is 9.72. The summed E-state index contributed by atoms with van der Waals surface area (Å²) in [7, 11) is 0. The second-order valence-corrected chi connectivity index (χ2v) is 5.65. The molecule has 0 nitrogen and oxygen atoms in total. The van der Waals surface area contributed by atoms with Gasteiger partial charge in [-0.15, -0.1) is 0 Å². The van der Waals surface area contributed by atoms with Gasteiger partial charge < -0.3 is 0 Å². The van der Waals surface area contributed by atoms with Crippen LogP contribution in [0.5, 0.6) is 0 Å². The normalized spacial score (nSPS) is 25.0. The summed E-state index contributed by atoms with van der Waals surface area (Å²) >= 11 is 0. The topological polar surface area (TPSA) is 0 Å². The molecular weight excluding hydrogens is 304 g/mol. The summed E-state index contributed by atoms with van der Waals surface area (Å²) in [6.07, 6.45) is -2.31. The van der Waals surface area contributed by atoms with Gasteiger partial charge in [-0.3, -0.25) is 0 Å². The monoisotopic (exact) mass is 318 g/mol. The molecule has 0 saturated heterocycles. The van der Waals surface area contributed by atoms with Crippen LogP contribution in [0.4, 0.5) is 17.6 Å². The van der Waals surface area contributed by atoms with E-state index < -0.39 is 34.6 Å². The highest BCUT2D eigenvalue weighted by Crippen LogP contribution is 2.50. The van der Waals surface area contributed by atoms with E-state index in [1.807, 2.05) is 0 Å². The summed E-state index contributed by atoms with van der Waals surface area (Å²) in [5, 5.41) is 0. The van der Waals surface area contributed by atoms with Crippen LogP contribution in [-0.2, 0) is 5.41 Å². The maximum Gasteiger partial charge on any atom is 0.168 e. The second kappa shape index (κ2) is 5.69. The van der Waals surface area contributed by atoms with Crippen molar-refractivity contribution in [3.8, 4) is 0 Å². The van der Waals surface area contributed by atoms with Crippen LogP contribution in [0.2, 0.25) is 0 Å². The lowest BCUT2D eigenvalue weighted by molar-refractivity contribution is 0.198. The number of rotatable bonds is 2. The van der Waals surface area contributed by atoms with E-state index >= 15 is 0 Å². The SMILES string of the molecule is CC1(c2ccccc2)C(F)=C(F)C(c2ccccc2)=C(F)C1F. The lowest BCUT2D eigenvalue weighted by Crippen LogP contribution is -2.38. The Labute approximate surface area is 131 Å². The van der Waals surface area contributed by atoms with Crippen LogP contribution in [0.3, 0.4) is 0 Å². The van der Waals surface area contributed by atoms with Crippen molar-refractivity contribution in [3.05, 3.63) is 89.3 Å². The van der Waals surface area contributed by atoms with Crippen molar-refractivity contribution >= 4 is 5.57 Å². The van der Waals surface area contributed by atoms with Gasteiger partial charge in [-0.25, -0.2) is 17.6 Å². The van der Waals surface area contributed by atoms with Crippen LogP contribution in [-0.4, -0.2) is 6.17 Å². The summed E-state index contributed by atoms with van der Waals surface area (Å²) in [6.45, 7) is 1.17. The molecule has 0 radical (unpaired) electrons. The first-order valence-corrected chi connectivity index (χ1v) is 7.18. The first-order chi connectivity index (χ1) is 11.0. The molecule has 4 heteroatoms. The van der Waals surface area contributed by atoms with E-state index in [1.54, 1.807) is 36.4 Å². The quantitative estimate of drug-likeness (QED) is 0.611. The van der Waals surface area contributed by atoms with E-state index in [0.717, 1.165) is 0 Å². The third-order valence-electron chi connectivity index (χ3n) is 4.27. The summed E-state index contributed by atoms with van der Waals surface area (Å²) in [5.74, 6) is -3.94. The van der Waals surface area contributed by atoms with E-state index in [-0.39, 0.29) is 11.1 Å². The van der Waals surface area contributed by atoms with E-state index in [1.165, 1.54) is 31.2 Å². The zero-order valence-corrected chi connectivity index (χ0v) is 12.4. The van der Waals surface area contributed by atoms with Gasteiger partial charge in [0, 0.05) is 0 Å². The van der Waals surface area contributed by atoms with Gasteiger partial charge in [-0.05, 0) is 18.1 Å². The van der Waals surface area contributed by atoms with Crippen molar-refractivity contribution < 1.29 is 17.6 Å². The minimum Gasteiger partial charge on any atom is -0.238 e. The van der Waals surface area contributed by atoms with E-state index in [4.69, 9.17) is 0 Å². The average molecular weight is 318 g/mol. The Morgan fingerprint density at radius 1 is 0.826 bits per heavy atom. The third kappa shape index (κ3) is 2.29. The van der Waals surface area contributed by atoms with Crippen LogP contribution >= 0.6 is 0 Å². The molecule has 0 saturated carbocycles. The summed E-state index contributed by atoms with van der Waals surface area (Å²) in [4.78, 5) is 0. The van der Waals surface area contributed by atoms with Gasteiger partial charge in [-0.1, -0.05) is 60.7 Å². The van der Waals surface area contributed by atoms with Crippen LogP contribution in [0, 0.1) is 0 Å². The fourth-order valence-electron chi connectivity index (χ4n) is 2.86. The molecule has 2 unspecified atom stereocenters. The Balaban J connectivity index is 2.20. The molecule has 23 heavy (non-hydrogen) atoms. The number of halogens is 4. The van der Waals surface area contributed by atoms with Gasteiger partial charge >= 0.3 is 0 Å². The minimum absolute atomic E-state index is 0.107. The maximum atomic E-state index is 14.8. The first kappa shape index (κ1) is 15.5. The second-order valence-electron chi connectivity index (χ2n) is 5.65. The Morgan fingerprint density at radius 2 is 1.35 bits per heavy atom. The molecule has 1 aliphatic carbocycles. The molecule has 0 heterocycles. The van der Waals surface area contributed by atoms with Gasteiger partial charge in [0.1, 0.15) is 11.7 Å². The van der Waals surface area contributed by atoms with E-state index in [0.29, 0.717) is 0 Å². The van der Waals surface area contributed by atoms with Crippen LogP contribution in [0.1, 0.15) is 18.1 Å². The first-order valence-electron chi connectivity index (χ1n) is 7.18. The van der Waals surface area contributed by atoms with Crippen molar-refractivity contribution in [1.29, 1.82) is 0 Å². The van der Waals surface area contributed by atoms with Gasteiger partial charge in [0.15, 0.2) is 12.0 Å². The highest BCUT2D eigenvalue weighted by atomic mass is 19.2. The van der Waals surface area contributed by atoms with E-state index in [9.17, 15) is 17.6 Å². The minimum atomic E-state index is -2.31. The molecule has 2 aromatic carbocycles. The molecule has 0 amide bonds. The van der Waals surface area contributed by atoms with Gasteiger partial charge in [-0.2, -0.15) is 0 Å². The molecule has 0 aromatic heterocycles. The molecule has 0 bridgehead atoms. The molecule has 2 aromatic rings. The summed E-state index contributed by atoms with van der Waals surface area (Å²) < 4.78 is 58.7. The van der Waals surface area contributed by atoms with Crippen molar-refractivity contribution in [2.75, 3.05) is 0 Å². The van der Waals surface area contributed by atoms with Crippen molar-refractivity contribution in [3.63, 3.8) is 0 Å². The van der Waals surface area contributed by atoms with Crippen LogP contribution in [0.25, 0.3) is 5.57 Å². The molecule has 2 atom stereocenters. The molecule has 0 spiro atoms. The van der Waals surface area contributed by atoms with Crippen molar-refractivity contribution in [2.45, 2.75) is 18.5 Å². The predicted molar refractivity (Wildman–Crippen MR) is 82.4 cm³/mol. The van der Waals surface area contributed by atoms with Crippen molar-refractivity contribution in [1.82, 2.24) is 0 Å². The Kier molecular flexibility index (Phi) is 3.84. The fourth-order valence-corrected chi connectivity index (χ4v) is 2.86. The van der Waals surface area contributed by atoms with E-state index in [2.05, 4.69) is 0 Å². The number of alkyl halides is 1. The van der Waals surface area contributed by atoms with Crippen LogP contribution < -0.4 is 0 Å². The molecule has 0 aliphatic heterocycles. The summed E-state index contributed by atoms with van der Waals surface area (Å²) in [6, 6.07) is 15.3. The highest BCUT2D eigenvalue weighted by Gasteiger charge is 2.50. The van der Waals surface area contributed by atoms with Crippen LogP contribution in [0.15, 0.2) is 78.1 Å². The molecule has 0 N–H and O–H groups in total. The molecule has 118 valence electrons. The zero-order valence-electron chi connectivity index (χ0n) is 12.4. The molecule has 1 aliphatic rings. The number of hydrogen-bond acceptors (Lipinski definition) is 0. The van der Waals surface area contributed by atoms with Gasteiger partial charge in [0.05, 0.1) is 11.0 Å². The zero-order chi connectivity index (χ0) is 16.6. The Hall–Kier alpha value is -2.36. The fraction of sp³-hybridized carbons (Fsp3) is 0.158. The lowest BCUT2D eigenvalue weighted by Gasteiger charge is -2.35. The third-order valence-corrected chi connectivity index (χ3v) is 4.27. The summed E-state index contributed by atoms with van der Waals surface area (Å²) in [5.41, 5.74) is -2.38. The van der Waals surface area contributed by atoms with Crippen molar-refractivity contribution in [2.24, 2.45) is 0 Å². The number of allylic oxidation sites excluding steroid dienone is 4. The largest absolute Gasteiger partial charge is 0.238 e. The van der Waals surface area contributed by atoms with Gasteiger partial charge in [0.25, 0.3) is 0 Å². The molecule has 3 rings (SSSR count). The standard InChI is InChI=1S/C19H14F4/c1-19(13-10-6-3-7-11-13)17(22)15(20)14(16(21)18(19)23)12-8-4-2-5-9-12/h2-11,17H,1H3. The van der Waals surface area contributed by atoms with Gasteiger partial charge in [0.2, 0.25) is 0 Å². The molecule has 0 fully saturated rings. The maximum absolute atomic E-state index is 14.8. The number of hydrogen-bond donors (Lipinski definition) is 0. The number of benzene rings is 2.